The normalized spacial score (nSPS) is 10.6. The van der Waals surface area contributed by atoms with Gasteiger partial charge in [0.05, 0.1) is 11.4 Å². The van der Waals surface area contributed by atoms with E-state index in [0.717, 1.165) is 5.56 Å². The molecule has 7 heteroatoms. The Morgan fingerprint density at radius 3 is 2.68 bits per heavy atom. The molecule has 0 saturated heterocycles. The Kier molecular flexibility index (Phi) is 5.45. The summed E-state index contributed by atoms with van der Waals surface area (Å²) in [4.78, 5) is 16.2. The Balaban J connectivity index is 1.56. The number of thioether (sulfide) groups is 1. The highest BCUT2D eigenvalue weighted by Crippen LogP contribution is 2.20. The van der Waals surface area contributed by atoms with E-state index in [0.29, 0.717) is 17.4 Å². The van der Waals surface area contributed by atoms with Gasteiger partial charge in [0.2, 0.25) is 5.91 Å². The fraction of sp³-hybridized carbons (Fsp3) is 0.111. The van der Waals surface area contributed by atoms with E-state index in [4.69, 9.17) is 0 Å². The van der Waals surface area contributed by atoms with Crippen molar-refractivity contribution < 1.29 is 13.6 Å². The van der Waals surface area contributed by atoms with E-state index in [1.807, 2.05) is 0 Å². The van der Waals surface area contributed by atoms with Crippen molar-refractivity contribution in [3.63, 3.8) is 0 Å². The molecule has 1 aromatic heterocycles. The van der Waals surface area contributed by atoms with Gasteiger partial charge in [0, 0.05) is 18.9 Å². The number of amides is 1. The van der Waals surface area contributed by atoms with Crippen molar-refractivity contribution in [1.29, 1.82) is 0 Å². The maximum atomic E-state index is 13.4. The van der Waals surface area contributed by atoms with Gasteiger partial charge in [-0.25, -0.2) is 13.8 Å². The molecule has 0 aliphatic rings. The minimum absolute atomic E-state index is 0.164. The van der Waals surface area contributed by atoms with Gasteiger partial charge in [-0.1, -0.05) is 30.0 Å². The molecule has 3 aromatic rings. The van der Waals surface area contributed by atoms with Crippen molar-refractivity contribution in [2.45, 2.75) is 11.7 Å². The largest absolute Gasteiger partial charge is 0.351 e. The molecule has 1 heterocycles. The summed E-state index contributed by atoms with van der Waals surface area (Å²) in [5, 5.41) is 3.37. The van der Waals surface area contributed by atoms with Gasteiger partial charge < -0.3 is 5.32 Å². The number of imidazole rings is 1. The molecule has 0 spiro atoms. The third-order valence-electron chi connectivity index (χ3n) is 3.43. The molecule has 1 N–H and O–H groups in total. The lowest BCUT2D eigenvalue weighted by molar-refractivity contribution is -0.118. The van der Waals surface area contributed by atoms with Crippen LogP contribution in [0.5, 0.6) is 0 Å². The van der Waals surface area contributed by atoms with Crippen LogP contribution in [-0.2, 0) is 11.3 Å². The number of aromatic nitrogens is 2. The quantitative estimate of drug-likeness (QED) is 0.685. The van der Waals surface area contributed by atoms with Crippen molar-refractivity contribution in [1.82, 2.24) is 14.9 Å². The van der Waals surface area contributed by atoms with Gasteiger partial charge in [0.15, 0.2) is 5.16 Å². The number of hydrogen-bond donors (Lipinski definition) is 1. The highest BCUT2D eigenvalue weighted by molar-refractivity contribution is 7.99. The number of nitrogens with zero attached hydrogens (tertiary/aromatic N) is 2. The summed E-state index contributed by atoms with van der Waals surface area (Å²) in [6.07, 6.45) is 3.32. The van der Waals surface area contributed by atoms with Crippen LogP contribution >= 0.6 is 11.8 Å². The molecule has 3 rings (SSSR count). The average molecular weight is 359 g/mol. The Labute approximate surface area is 147 Å². The second-order valence-electron chi connectivity index (χ2n) is 5.25. The smallest absolute Gasteiger partial charge is 0.230 e. The van der Waals surface area contributed by atoms with Crippen LogP contribution in [0.3, 0.4) is 0 Å². The third kappa shape index (κ3) is 4.67. The van der Waals surface area contributed by atoms with E-state index in [1.165, 1.54) is 36.0 Å². The molecule has 4 nitrogen and oxygen atoms in total. The summed E-state index contributed by atoms with van der Waals surface area (Å²) in [5.74, 6) is -0.634. The van der Waals surface area contributed by atoms with E-state index in [9.17, 15) is 13.6 Å². The van der Waals surface area contributed by atoms with E-state index in [-0.39, 0.29) is 23.3 Å². The zero-order chi connectivity index (χ0) is 17.6. The molecular weight excluding hydrogens is 344 g/mol. The third-order valence-corrected chi connectivity index (χ3v) is 4.40. The fourth-order valence-corrected chi connectivity index (χ4v) is 3.01. The summed E-state index contributed by atoms with van der Waals surface area (Å²) < 4.78 is 27.9. The van der Waals surface area contributed by atoms with Crippen molar-refractivity contribution in [2.75, 3.05) is 5.75 Å². The molecule has 0 radical (unpaired) electrons. The number of hydrogen-bond acceptors (Lipinski definition) is 3. The molecule has 0 atom stereocenters. The van der Waals surface area contributed by atoms with Gasteiger partial charge in [-0.2, -0.15) is 0 Å². The van der Waals surface area contributed by atoms with Crippen LogP contribution in [0.2, 0.25) is 0 Å². The van der Waals surface area contributed by atoms with E-state index in [2.05, 4.69) is 10.3 Å². The maximum Gasteiger partial charge on any atom is 0.230 e. The lowest BCUT2D eigenvalue weighted by Gasteiger charge is -2.08. The standard InChI is InChI=1S/C18H15F2N3OS/c19-14-6-4-13(5-7-14)11-22-17(24)12-25-18-21-8-9-23(18)16-3-1-2-15(20)10-16/h1-10H,11-12H2,(H,22,24). The van der Waals surface area contributed by atoms with Crippen molar-refractivity contribution in [3.8, 4) is 5.69 Å². The van der Waals surface area contributed by atoms with Crippen LogP contribution in [0.25, 0.3) is 5.69 Å². The molecule has 25 heavy (non-hydrogen) atoms. The maximum absolute atomic E-state index is 13.4. The number of carbonyl (C=O) groups is 1. The Morgan fingerprint density at radius 1 is 1.12 bits per heavy atom. The van der Waals surface area contributed by atoms with Crippen molar-refractivity contribution in [3.05, 3.63) is 78.1 Å². The lowest BCUT2D eigenvalue weighted by atomic mass is 10.2. The summed E-state index contributed by atoms with van der Waals surface area (Å²) in [7, 11) is 0. The number of rotatable bonds is 6. The van der Waals surface area contributed by atoms with Crippen LogP contribution in [0.4, 0.5) is 8.78 Å². The Hall–Kier alpha value is -2.67. The Morgan fingerprint density at radius 2 is 1.92 bits per heavy atom. The van der Waals surface area contributed by atoms with Gasteiger partial charge >= 0.3 is 0 Å². The highest BCUT2D eigenvalue weighted by atomic mass is 32.2. The monoisotopic (exact) mass is 359 g/mol. The summed E-state index contributed by atoms with van der Waals surface area (Å²) in [5.41, 5.74) is 1.47. The summed E-state index contributed by atoms with van der Waals surface area (Å²) >= 11 is 1.26. The van der Waals surface area contributed by atoms with Gasteiger partial charge in [-0.15, -0.1) is 0 Å². The van der Waals surface area contributed by atoms with Crippen LogP contribution in [0.1, 0.15) is 5.56 Å². The fourth-order valence-electron chi connectivity index (χ4n) is 2.20. The molecule has 0 fully saturated rings. The molecule has 0 aliphatic heterocycles. The zero-order valence-electron chi connectivity index (χ0n) is 13.2. The molecule has 0 aliphatic carbocycles. The first-order chi connectivity index (χ1) is 12.1. The minimum atomic E-state index is -0.334. The Bertz CT molecular complexity index is 865. The second-order valence-corrected chi connectivity index (χ2v) is 6.19. The van der Waals surface area contributed by atoms with Crippen LogP contribution < -0.4 is 5.32 Å². The minimum Gasteiger partial charge on any atom is -0.351 e. The number of nitrogens with one attached hydrogen (secondary N) is 1. The highest BCUT2D eigenvalue weighted by Gasteiger charge is 2.09. The SMILES string of the molecule is O=C(CSc1nccn1-c1cccc(F)c1)NCc1ccc(F)cc1. The predicted molar refractivity (Wildman–Crippen MR) is 92.5 cm³/mol. The van der Waals surface area contributed by atoms with Gasteiger partial charge in [0.25, 0.3) is 0 Å². The summed E-state index contributed by atoms with van der Waals surface area (Å²) in [6.45, 7) is 0.331. The molecule has 128 valence electrons. The number of carbonyl (C=O) groups excluding carboxylic acids is 1. The van der Waals surface area contributed by atoms with Crippen LogP contribution in [0, 0.1) is 11.6 Å². The second kappa shape index (κ2) is 7.94. The molecule has 0 bridgehead atoms. The van der Waals surface area contributed by atoms with Crippen LogP contribution in [0.15, 0.2) is 66.1 Å². The summed E-state index contributed by atoms with van der Waals surface area (Å²) in [6, 6.07) is 12.1. The van der Waals surface area contributed by atoms with Crippen LogP contribution in [-0.4, -0.2) is 21.2 Å². The van der Waals surface area contributed by atoms with E-state index in [1.54, 1.807) is 41.2 Å². The molecule has 0 saturated carbocycles. The molecular formula is C18H15F2N3OS. The first-order valence-corrected chi connectivity index (χ1v) is 8.53. The lowest BCUT2D eigenvalue weighted by Crippen LogP contribution is -2.24. The van der Waals surface area contributed by atoms with Gasteiger partial charge in [-0.05, 0) is 35.9 Å². The first kappa shape index (κ1) is 17.2. The molecule has 0 unspecified atom stereocenters. The van der Waals surface area contributed by atoms with E-state index < -0.39 is 0 Å². The van der Waals surface area contributed by atoms with Crippen molar-refractivity contribution >= 4 is 17.7 Å². The van der Waals surface area contributed by atoms with Gasteiger partial charge in [0.1, 0.15) is 11.6 Å². The molecule has 2 aromatic carbocycles. The van der Waals surface area contributed by atoms with Gasteiger partial charge in [-0.3, -0.25) is 9.36 Å². The van der Waals surface area contributed by atoms with Crippen molar-refractivity contribution in [2.24, 2.45) is 0 Å². The number of benzene rings is 2. The zero-order valence-corrected chi connectivity index (χ0v) is 14.0. The average Bonchev–Trinajstić information content (AvgIpc) is 3.08. The van der Waals surface area contributed by atoms with E-state index >= 15 is 0 Å². The predicted octanol–water partition coefficient (Wildman–Crippen LogP) is 3.56. The molecule has 1 amide bonds. The number of halogens is 2. The first-order valence-electron chi connectivity index (χ1n) is 7.55. The topological polar surface area (TPSA) is 46.9 Å².